The molecule has 2 aliphatic rings. The number of benzene rings is 1. The maximum absolute atomic E-state index is 6.12. The van der Waals surface area contributed by atoms with Crippen molar-refractivity contribution in [3.63, 3.8) is 0 Å². The Morgan fingerprint density at radius 2 is 2.18 bits per heavy atom. The van der Waals surface area contributed by atoms with Gasteiger partial charge in [-0.1, -0.05) is 24.3 Å². The monoisotopic (exact) mass is 230 g/mol. The summed E-state index contributed by atoms with van der Waals surface area (Å²) >= 11 is 0. The van der Waals surface area contributed by atoms with Crippen LogP contribution in [-0.2, 0) is 5.41 Å². The Labute approximate surface area is 104 Å². The molecule has 1 aliphatic carbocycles. The number of hydrogen-bond donors (Lipinski definition) is 1. The predicted octanol–water partition coefficient (Wildman–Crippen LogP) is 2.30. The molecule has 3 unspecified atom stereocenters. The lowest BCUT2D eigenvalue weighted by atomic mass is 9.83. The van der Waals surface area contributed by atoms with Gasteiger partial charge in [0, 0.05) is 18.0 Å². The second-order valence-electron chi connectivity index (χ2n) is 5.95. The zero-order valence-corrected chi connectivity index (χ0v) is 10.8. The minimum absolute atomic E-state index is 0.154. The smallest absolute Gasteiger partial charge is 0.0269 e. The molecular weight excluding hydrogens is 208 g/mol. The summed E-state index contributed by atoms with van der Waals surface area (Å²) in [5.41, 5.74) is 9.48. The molecule has 92 valence electrons. The first-order valence-corrected chi connectivity index (χ1v) is 6.67. The summed E-state index contributed by atoms with van der Waals surface area (Å²) in [4.78, 5) is 2.46. The molecule has 1 saturated heterocycles. The van der Waals surface area contributed by atoms with Crippen molar-refractivity contribution in [2.24, 2.45) is 11.7 Å². The van der Waals surface area contributed by atoms with Crippen LogP contribution in [0.3, 0.4) is 0 Å². The Hall–Kier alpha value is -0.860. The number of piperidine rings is 1. The van der Waals surface area contributed by atoms with E-state index in [0.29, 0.717) is 5.41 Å². The molecule has 0 spiro atoms. The number of nitrogens with two attached hydrogens (primary N) is 1. The molecule has 17 heavy (non-hydrogen) atoms. The Balaban J connectivity index is 1.96. The van der Waals surface area contributed by atoms with Gasteiger partial charge < -0.3 is 10.6 Å². The molecular formula is C15H22N2. The van der Waals surface area contributed by atoms with Crippen molar-refractivity contribution in [3.05, 3.63) is 35.4 Å². The van der Waals surface area contributed by atoms with Crippen LogP contribution in [0, 0.1) is 5.92 Å². The molecule has 2 fully saturated rings. The van der Waals surface area contributed by atoms with E-state index in [9.17, 15) is 0 Å². The lowest BCUT2D eigenvalue weighted by molar-refractivity contribution is 0.247. The van der Waals surface area contributed by atoms with Crippen LogP contribution in [-0.4, -0.2) is 25.0 Å². The van der Waals surface area contributed by atoms with Crippen LogP contribution in [0.4, 0.5) is 0 Å². The summed E-state index contributed by atoms with van der Waals surface area (Å²) in [6, 6.07) is 8.96. The largest absolute Gasteiger partial charge is 0.324 e. The van der Waals surface area contributed by atoms with Crippen molar-refractivity contribution < 1.29 is 0 Å². The Bertz CT molecular complexity index is 427. The third-order valence-electron chi connectivity index (χ3n) is 4.69. The highest BCUT2D eigenvalue weighted by atomic mass is 15.1. The van der Waals surface area contributed by atoms with E-state index in [4.69, 9.17) is 5.73 Å². The molecule has 1 heterocycles. The van der Waals surface area contributed by atoms with E-state index in [0.717, 1.165) is 5.92 Å². The quantitative estimate of drug-likeness (QED) is 0.844. The van der Waals surface area contributed by atoms with E-state index < -0.39 is 0 Å². The molecule has 2 nitrogen and oxygen atoms in total. The number of likely N-dealkylation sites (tertiary alicyclic amines) is 1. The van der Waals surface area contributed by atoms with E-state index in [-0.39, 0.29) is 6.04 Å². The Kier molecular flexibility index (Phi) is 2.53. The zero-order valence-electron chi connectivity index (χ0n) is 10.8. The van der Waals surface area contributed by atoms with Crippen LogP contribution in [0.2, 0.25) is 0 Å². The van der Waals surface area contributed by atoms with Crippen molar-refractivity contribution in [2.45, 2.75) is 31.2 Å². The van der Waals surface area contributed by atoms with Crippen LogP contribution in [0.25, 0.3) is 0 Å². The second kappa shape index (κ2) is 3.82. The second-order valence-corrected chi connectivity index (χ2v) is 5.95. The van der Waals surface area contributed by atoms with Gasteiger partial charge in [0.15, 0.2) is 0 Å². The van der Waals surface area contributed by atoms with Crippen molar-refractivity contribution in [1.82, 2.24) is 4.90 Å². The fraction of sp³-hybridized carbons (Fsp3) is 0.600. The molecule has 2 N–H and O–H groups in total. The first-order chi connectivity index (χ1) is 8.13. The molecule has 0 aromatic heterocycles. The first-order valence-electron chi connectivity index (χ1n) is 6.67. The highest BCUT2D eigenvalue weighted by Crippen LogP contribution is 2.60. The van der Waals surface area contributed by atoms with Gasteiger partial charge >= 0.3 is 0 Å². The minimum atomic E-state index is 0.154. The molecule has 0 amide bonds. The van der Waals surface area contributed by atoms with Gasteiger partial charge in [0.2, 0.25) is 0 Å². The Morgan fingerprint density at radius 3 is 2.88 bits per heavy atom. The molecule has 1 saturated carbocycles. The van der Waals surface area contributed by atoms with E-state index in [1.165, 1.54) is 37.1 Å². The van der Waals surface area contributed by atoms with Gasteiger partial charge in [0.25, 0.3) is 0 Å². The average Bonchev–Trinajstić information content (AvgIpc) is 3.03. The maximum Gasteiger partial charge on any atom is 0.0269 e. The molecule has 3 atom stereocenters. The maximum atomic E-state index is 6.12. The van der Waals surface area contributed by atoms with E-state index in [2.05, 4.69) is 43.1 Å². The molecule has 0 bridgehead atoms. The average molecular weight is 230 g/mol. The number of fused-ring (bicyclic) bond motifs is 1. The van der Waals surface area contributed by atoms with E-state index >= 15 is 0 Å². The summed E-state index contributed by atoms with van der Waals surface area (Å²) in [5, 5.41) is 0. The van der Waals surface area contributed by atoms with Crippen LogP contribution < -0.4 is 5.73 Å². The standard InChI is InChI=1S/C15H22N2/c1-11(16)13-5-3-4-6-14(13)15-7-8-17(2)10-12(15)9-15/h3-6,11-12H,7-10,16H2,1-2H3. The molecule has 1 aromatic carbocycles. The summed E-state index contributed by atoms with van der Waals surface area (Å²) in [6.07, 6.45) is 2.67. The third-order valence-corrected chi connectivity index (χ3v) is 4.69. The van der Waals surface area contributed by atoms with Crippen molar-refractivity contribution in [1.29, 1.82) is 0 Å². The highest BCUT2D eigenvalue weighted by molar-refractivity contribution is 5.42. The van der Waals surface area contributed by atoms with Crippen molar-refractivity contribution in [3.8, 4) is 0 Å². The highest BCUT2D eigenvalue weighted by Gasteiger charge is 2.57. The predicted molar refractivity (Wildman–Crippen MR) is 70.9 cm³/mol. The molecule has 3 rings (SSSR count). The van der Waals surface area contributed by atoms with Gasteiger partial charge in [0.1, 0.15) is 0 Å². The van der Waals surface area contributed by atoms with Crippen LogP contribution in [0.15, 0.2) is 24.3 Å². The topological polar surface area (TPSA) is 29.3 Å². The molecule has 2 heteroatoms. The summed E-state index contributed by atoms with van der Waals surface area (Å²) in [6.45, 7) is 4.58. The fourth-order valence-electron chi connectivity index (χ4n) is 3.60. The molecule has 0 radical (unpaired) electrons. The van der Waals surface area contributed by atoms with Gasteiger partial charge in [0.05, 0.1) is 0 Å². The fourth-order valence-corrected chi connectivity index (χ4v) is 3.60. The number of hydrogen-bond acceptors (Lipinski definition) is 2. The minimum Gasteiger partial charge on any atom is -0.324 e. The van der Waals surface area contributed by atoms with Gasteiger partial charge in [-0.3, -0.25) is 0 Å². The van der Waals surface area contributed by atoms with Crippen molar-refractivity contribution in [2.75, 3.05) is 20.1 Å². The lowest BCUT2D eigenvalue weighted by Crippen LogP contribution is -2.34. The van der Waals surface area contributed by atoms with Crippen LogP contribution in [0.5, 0.6) is 0 Å². The SMILES string of the molecule is CC(N)c1ccccc1C12CCN(C)CC1C2. The summed E-state index contributed by atoms with van der Waals surface area (Å²) in [7, 11) is 2.24. The van der Waals surface area contributed by atoms with E-state index in [1.807, 2.05) is 0 Å². The van der Waals surface area contributed by atoms with Crippen molar-refractivity contribution >= 4 is 0 Å². The normalized spacial score (nSPS) is 34.2. The third kappa shape index (κ3) is 1.71. The number of nitrogens with zero attached hydrogens (tertiary/aromatic N) is 1. The van der Waals surface area contributed by atoms with Gasteiger partial charge in [-0.05, 0) is 50.4 Å². The Morgan fingerprint density at radius 1 is 1.41 bits per heavy atom. The molecule has 1 aromatic rings. The van der Waals surface area contributed by atoms with Crippen LogP contribution in [0.1, 0.15) is 36.9 Å². The summed E-state index contributed by atoms with van der Waals surface area (Å²) in [5.74, 6) is 0.862. The van der Waals surface area contributed by atoms with Gasteiger partial charge in [-0.15, -0.1) is 0 Å². The van der Waals surface area contributed by atoms with E-state index in [1.54, 1.807) is 0 Å². The van der Waals surface area contributed by atoms with Gasteiger partial charge in [-0.25, -0.2) is 0 Å². The first kappa shape index (κ1) is 11.2. The van der Waals surface area contributed by atoms with Crippen LogP contribution >= 0.6 is 0 Å². The number of rotatable bonds is 2. The van der Waals surface area contributed by atoms with Gasteiger partial charge in [-0.2, -0.15) is 0 Å². The zero-order chi connectivity index (χ0) is 12.0. The molecule has 1 aliphatic heterocycles. The lowest BCUT2D eigenvalue weighted by Gasteiger charge is -2.31. The summed E-state index contributed by atoms with van der Waals surface area (Å²) < 4.78 is 0.